The van der Waals surface area contributed by atoms with Crippen molar-refractivity contribution in [2.75, 3.05) is 45.7 Å². The van der Waals surface area contributed by atoms with Gasteiger partial charge in [-0.2, -0.15) is 13.2 Å². The summed E-state index contributed by atoms with van der Waals surface area (Å²) >= 11 is 1.37. The molecule has 1 amide bonds. The lowest BCUT2D eigenvalue weighted by molar-refractivity contribution is -0.137. The number of anilines is 2. The zero-order valence-electron chi connectivity index (χ0n) is 16.0. The van der Waals surface area contributed by atoms with Crippen LogP contribution in [0, 0.1) is 0 Å². The van der Waals surface area contributed by atoms with E-state index in [1.54, 1.807) is 12.1 Å². The van der Waals surface area contributed by atoms with Gasteiger partial charge in [-0.15, -0.1) is 0 Å². The molecule has 1 aliphatic rings. The van der Waals surface area contributed by atoms with Crippen molar-refractivity contribution in [3.63, 3.8) is 0 Å². The van der Waals surface area contributed by atoms with Gasteiger partial charge >= 0.3 is 6.18 Å². The number of fused-ring (bicyclic) bond motifs is 2. The third-order valence-corrected chi connectivity index (χ3v) is 5.57. The van der Waals surface area contributed by atoms with Crippen molar-refractivity contribution < 1.29 is 18.0 Å². The minimum Gasteiger partial charge on any atom is -0.308 e. The molecule has 2 aromatic carbocycles. The van der Waals surface area contributed by atoms with Crippen molar-refractivity contribution in [3.8, 4) is 0 Å². The topological polar surface area (TPSA) is 26.8 Å². The van der Waals surface area contributed by atoms with Gasteiger partial charge in [0.25, 0.3) is 0 Å². The molecule has 1 aliphatic heterocycles. The largest absolute Gasteiger partial charge is 0.416 e. The van der Waals surface area contributed by atoms with Gasteiger partial charge in [0.05, 0.1) is 23.5 Å². The zero-order valence-corrected chi connectivity index (χ0v) is 16.8. The molecule has 4 nitrogen and oxygen atoms in total. The van der Waals surface area contributed by atoms with Gasteiger partial charge < -0.3 is 4.90 Å². The van der Waals surface area contributed by atoms with E-state index in [2.05, 4.69) is 0 Å². The quantitative estimate of drug-likeness (QED) is 0.735. The van der Waals surface area contributed by atoms with Crippen LogP contribution in [0.1, 0.15) is 5.56 Å². The summed E-state index contributed by atoms with van der Waals surface area (Å²) in [5.41, 5.74) is 0.139. The van der Waals surface area contributed by atoms with E-state index >= 15 is 0 Å². The van der Waals surface area contributed by atoms with Gasteiger partial charge in [-0.3, -0.25) is 14.6 Å². The molecule has 0 saturated carbocycles. The Bertz CT molecular complexity index is 870. The highest BCUT2D eigenvalue weighted by Crippen LogP contribution is 2.49. The molecule has 0 saturated heterocycles. The molecule has 0 aromatic heterocycles. The average molecular weight is 409 g/mol. The van der Waals surface area contributed by atoms with E-state index in [4.69, 9.17) is 0 Å². The summed E-state index contributed by atoms with van der Waals surface area (Å²) in [7, 11) is 5.73. The van der Waals surface area contributed by atoms with Gasteiger partial charge in [-0.05, 0) is 51.5 Å². The van der Waals surface area contributed by atoms with E-state index in [9.17, 15) is 18.0 Å². The number of hydrogen-bond donors (Lipinski definition) is 0. The summed E-state index contributed by atoms with van der Waals surface area (Å²) in [6.07, 6.45) is -4.46. The number of amides is 1. The maximum atomic E-state index is 13.2. The fourth-order valence-corrected chi connectivity index (χ4v) is 3.99. The second kappa shape index (κ2) is 8.14. The highest BCUT2D eigenvalue weighted by Gasteiger charge is 2.34. The van der Waals surface area contributed by atoms with Crippen LogP contribution >= 0.6 is 11.8 Å². The Balaban J connectivity index is 1.96. The number of hydrogen-bond acceptors (Lipinski definition) is 4. The maximum absolute atomic E-state index is 13.2. The van der Waals surface area contributed by atoms with Crippen LogP contribution in [0.2, 0.25) is 0 Å². The molecule has 8 heteroatoms. The minimum absolute atomic E-state index is 0.114. The molecule has 1 heterocycles. The number of likely N-dealkylation sites (N-methyl/N-ethyl adjacent to an activating group) is 2. The van der Waals surface area contributed by atoms with E-state index < -0.39 is 11.7 Å². The van der Waals surface area contributed by atoms with Crippen molar-refractivity contribution in [3.05, 3.63) is 48.0 Å². The fourth-order valence-electron chi connectivity index (χ4n) is 2.95. The number of rotatable bonds is 5. The number of nitrogens with zero attached hydrogens (tertiary/aromatic N) is 3. The van der Waals surface area contributed by atoms with E-state index in [1.807, 2.05) is 43.1 Å². The molecule has 0 aliphatic carbocycles. The molecule has 0 radical (unpaired) electrons. The first-order chi connectivity index (χ1) is 13.2. The molecule has 0 N–H and O–H groups in total. The summed E-state index contributed by atoms with van der Waals surface area (Å²) in [5, 5.41) is 0. The minimum atomic E-state index is -4.46. The molecule has 0 spiro atoms. The van der Waals surface area contributed by atoms with Crippen LogP contribution in [0.5, 0.6) is 0 Å². The second-order valence-corrected chi connectivity index (χ2v) is 8.10. The van der Waals surface area contributed by atoms with Crippen LogP contribution in [0.3, 0.4) is 0 Å². The summed E-state index contributed by atoms with van der Waals surface area (Å²) in [6, 6.07) is 10.8. The van der Waals surface area contributed by atoms with Crippen LogP contribution < -0.4 is 4.90 Å². The number of halogens is 3. The average Bonchev–Trinajstić information content (AvgIpc) is 2.63. The van der Waals surface area contributed by atoms with Crippen molar-refractivity contribution in [1.29, 1.82) is 0 Å². The number of carbonyl (C=O) groups excluding carboxylic acids is 1. The Morgan fingerprint density at radius 3 is 2.36 bits per heavy atom. The normalized spacial score (nSPS) is 13.6. The van der Waals surface area contributed by atoms with E-state index in [0.29, 0.717) is 17.1 Å². The van der Waals surface area contributed by atoms with Gasteiger partial charge in [0.2, 0.25) is 5.91 Å². The summed E-state index contributed by atoms with van der Waals surface area (Å²) in [6.45, 7) is 1.58. The highest BCUT2D eigenvalue weighted by atomic mass is 32.2. The number of alkyl halides is 3. The second-order valence-electron chi connectivity index (χ2n) is 7.02. The van der Waals surface area contributed by atoms with Gasteiger partial charge in [0.1, 0.15) is 0 Å². The summed E-state index contributed by atoms with van der Waals surface area (Å²) < 4.78 is 39.7. The van der Waals surface area contributed by atoms with E-state index in [0.717, 1.165) is 23.6 Å². The molecule has 150 valence electrons. The standard InChI is InChI=1S/C20H22F3N3OS/c1-24(2)10-11-25(3)13-19(27)26-15-6-4-5-7-17(15)28-18-9-8-14(12-16(18)26)20(21,22)23/h4-9,12H,10-11,13H2,1-3H3. The number of carbonyl (C=O) groups is 1. The van der Waals surface area contributed by atoms with Crippen LogP contribution in [0.4, 0.5) is 24.5 Å². The zero-order chi connectivity index (χ0) is 20.5. The molecular weight excluding hydrogens is 387 g/mol. The molecular formula is C20H22F3N3OS. The number of benzene rings is 2. The third kappa shape index (κ3) is 4.51. The van der Waals surface area contributed by atoms with Gasteiger partial charge in [-0.25, -0.2) is 0 Å². The van der Waals surface area contributed by atoms with Gasteiger partial charge in [0, 0.05) is 22.9 Å². The Hall–Kier alpha value is -2.03. The molecule has 28 heavy (non-hydrogen) atoms. The SMILES string of the molecule is CN(C)CCN(C)CC(=O)N1c2ccccc2Sc2ccc(C(F)(F)F)cc21. The number of para-hydroxylation sites is 1. The van der Waals surface area contributed by atoms with Crippen molar-refractivity contribution in [2.24, 2.45) is 0 Å². The van der Waals surface area contributed by atoms with E-state index in [1.165, 1.54) is 22.7 Å². The van der Waals surface area contributed by atoms with Crippen molar-refractivity contribution in [2.45, 2.75) is 16.0 Å². The van der Waals surface area contributed by atoms with Crippen LogP contribution in [0.15, 0.2) is 52.3 Å². The van der Waals surface area contributed by atoms with Gasteiger partial charge in [0.15, 0.2) is 0 Å². The third-order valence-electron chi connectivity index (χ3n) is 4.44. The molecule has 2 aromatic rings. The fraction of sp³-hybridized carbons (Fsp3) is 0.350. The first-order valence-electron chi connectivity index (χ1n) is 8.81. The van der Waals surface area contributed by atoms with E-state index in [-0.39, 0.29) is 18.1 Å². The molecule has 0 fully saturated rings. The van der Waals surface area contributed by atoms with Crippen LogP contribution in [-0.2, 0) is 11.0 Å². The van der Waals surface area contributed by atoms with Crippen LogP contribution in [0.25, 0.3) is 0 Å². The van der Waals surface area contributed by atoms with Crippen molar-refractivity contribution in [1.82, 2.24) is 9.80 Å². The maximum Gasteiger partial charge on any atom is 0.416 e. The molecule has 3 rings (SSSR count). The summed E-state index contributed by atoms with van der Waals surface area (Å²) in [4.78, 5) is 19.9. The predicted molar refractivity (Wildman–Crippen MR) is 105 cm³/mol. The smallest absolute Gasteiger partial charge is 0.308 e. The molecule has 0 atom stereocenters. The predicted octanol–water partition coefficient (Wildman–Crippen LogP) is 4.33. The lowest BCUT2D eigenvalue weighted by Crippen LogP contribution is -2.39. The molecule has 0 unspecified atom stereocenters. The monoisotopic (exact) mass is 409 g/mol. The lowest BCUT2D eigenvalue weighted by Gasteiger charge is -2.33. The van der Waals surface area contributed by atoms with Gasteiger partial charge in [-0.1, -0.05) is 23.9 Å². The first-order valence-corrected chi connectivity index (χ1v) is 9.63. The highest BCUT2D eigenvalue weighted by molar-refractivity contribution is 7.99. The van der Waals surface area contributed by atoms with Crippen molar-refractivity contribution >= 4 is 29.0 Å². The summed E-state index contributed by atoms with van der Waals surface area (Å²) in [5.74, 6) is -0.255. The van der Waals surface area contributed by atoms with Crippen LogP contribution in [-0.4, -0.2) is 56.5 Å². The Labute approximate surface area is 166 Å². The molecule has 0 bridgehead atoms. The Morgan fingerprint density at radius 1 is 1.00 bits per heavy atom. The first kappa shape index (κ1) is 20.7. The lowest BCUT2D eigenvalue weighted by atomic mass is 10.1. The Kier molecular flexibility index (Phi) is 6.02. The Morgan fingerprint density at radius 2 is 1.68 bits per heavy atom.